The topological polar surface area (TPSA) is 68.2 Å². The second kappa shape index (κ2) is 9.89. The van der Waals surface area contributed by atoms with Crippen LogP contribution in [0.2, 0.25) is 0 Å². The third-order valence-corrected chi connectivity index (χ3v) is 4.62. The summed E-state index contributed by atoms with van der Waals surface area (Å²) in [7, 11) is 1.66. The average Bonchev–Trinajstić information content (AvgIpc) is 3.18. The Morgan fingerprint density at radius 3 is 2.45 bits per heavy atom. The number of nitrogens with zero attached hydrogens (tertiary/aromatic N) is 2. The van der Waals surface area contributed by atoms with Crippen LogP contribution in [-0.4, -0.2) is 35.9 Å². The summed E-state index contributed by atoms with van der Waals surface area (Å²) in [6.07, 6.45) is 2.05. The van der Waals surface area contributed by atoms with Crippen molar-refractivity contribution in [3.8, 4) is 22.7 Å². The van der Waals surface area contributed by atoms with E-state index in [-0.39, 0.29) is 11.8 Å². The first kappa shape index (κ1) is 20.6. The molecule has 3 aromatic rings. The summed E-state index contributed by atoms with van der Waals surface area (Å²) in [5.74, 6) is 0.889. The van der Waals surface area contributed by atoms with Gasteiger partial charge in [0.15, 0.2) is 0 Å². The van der Waals surface area contributed by atoms with E-state index in [9.17, 15) is 4.79 Å². The summed E-state index contributed by atoms with van der Waals surface area (Å²) < 4.78 is 7.17. The van der Waals surface area contributed by atoms with Crippen molar-refractivity contribution in [1.29, 1.82) is 0 Å². The Bertz CT molecular complexity index is 918. The second-order valence-corrected chi connectivity index (χ2v) is 7.13. The smallest absolute Gasteiger partial charge is 0.222 e. The molecule has 1 amide bonds. The van der Waals surface area contributed by atoms with Crippen molar-refractivity contribution >= 4 is 5.91 Å². The lowest BCUT2D eigenvalue weighted by atomic mass is 10.1. The predicted molar refractivity (Wildman–Crippen MR) is 115 cm³/mol. The molecular weight excluding hydrogens is 364 g/mol. The van der Waals surface area contributed by atoms with Crippen LogP contribution in [0, 0.1) is 5.92 Å². The number of benzene rings is 2. The van der Waals surface area contributed by atoms with E-state index in [1.807, 2.05) is 73.1 Å². The zero-order chi connectivity index (χ0) is 20.6. The highest BCUT2D eigenvalue weighted by molar-refractivity contribution is 5.77. The molecule has 29 heavy (non-hydrogen) atoms. The highest BCUT2D eigenvalue weighted by atomic mass is 16.5. The molecule has 0 fully saturated rings. The van der Waals surface area contributed by atoms with Crippen LogP contribution in [0.3, 0.4) is 0 Å². The van der Waals surface area contributed by atoms with Gasteiger partial charge in [0.1, 0.15) is 5.75 Å². The number of aromatic nitrogens is 2. The largest absolute Gasteiger partial charge is 0.497 e. The van der Waals surface area contributed by atoms with Gasteiger partial charge in [-0.3, -0.25) is 4.79 Å². The summed E-state index contributed by atoms with van der Waals surface area (Å²) in [5, 5.41) is 11.1. The van der Waals surface area contributed by atoms with Crippen molar-refractivity contribution in [2.45, 2.75) is 20.4 Å². The molecule has 2 aromatic carbocycles. The maximum absolute atomic E-state index is 11.7. The molecule has 0 radical (unpaired) electrons. The molecule has 6 nitrogen and oxygen atoms in total. The maximum atomic E-state index is 11.7. The number of carbonyl (C=O) groups excluding carboxylic acids is 1. The summed E-state index contributed by atoms with van der Waals surface area (Å²) >= 11 is 0. The number of methoxy groups -OCH3 is 1. The predicted octanol–water partition coefficient (Wildman–Crippen LogP) is 3.41. The normalized spacial score (nSPS) is 10.9. The van der Waals surface area contributed by atoms with Gasteiger partial charge in [-0.15, -0.1) is 0 Å². The fourth-order valence-corrected chi connectivity index (χ4v) is 2.95. The van der Waals surface area contributed by atoms with E-state index < -0.39 is 0 Å². The highest BCUT2D eigenvalue weighted by Gasteiger charge is 2.12. The van der Waals surface area contributed by atoms with Gasteiger partial charge >= 0.3 is 0 Å². The molecule has 1 heterocycles. The van der Waals surface area contributed by atoms with Gasteiger partial charge in [0.25, 0.3) is 0 Å². The van der Waals surface area contributed by atoms with Crippen molar-refractivity contribution in [1.82, 2.24) is 20.4 Å². The Hall–Kier alpha value is -3.12. The lowest BCUT2D eigenvalue weighted by Crippen LogP contribution is -2.34. The van der Waals surface area contributed by atoms with Crippen molar-refractivity contribution in [2.75, 3.05) is 20.2 Å². The molecule has 152 valence electrons. The van der Waals surface area contributed by atoms with Crippen molar-refractivity contribution < 1.29 is 9.53 Å². The summed E-state index contributed by atoms with van der Waals surface area (Å²) in [6.45, 7) is 5.73. The van der Waals surface area contributed by atoms with Crippen LogP contribution >= 0.6 is 0 Å². The van der Waals surface area contributed by atoms with Crippen LogP contribution < -0.4 is 15.4 Å². The fraction of sp³-hybridized carbons (Fsp3) is 0.304. The van der Waals surface area contributed by atoms with Crippen LogP contribution in [0.15, 0.2) is 60.8 Å². The van der Waals surface area contributed by atoms with E-state index in [1.165, 1.54) is 0 Å². The third-order valence-electron chi connectivity index (χ3n) is 4.62. The SMILES string of the molecule is COc1ccc(-c2nn(-c3ccccc3)cc2CNCCNC(=O)C(C)C)cc1. The molecule has 0 aliphatic carbocycles. The molecule has 0 aliphatic rings. The van der Waals surface area contributed by atoms with Gasteiger partial charge in [0.05, 0.1) is 18.5 Å². The van der Waals surface area contributed by atoms with Crippen LogP contribution in [0.25, 0.3) is 16.9 Å². The third kappa shape index (κ3) is 5.45. The number of rotatable bonds is 9. The number of nitrogens with one attached hydrogen (secondary N) is 2. The molecule has 1 aromatic heterocycles. The Morgan fingerprint density at radius 1 is 1.07 bits per heavy atom. The first-order valence-electron chi connectivity index (χ1n) is 9.85. The van der Waals surface area contributed by atoms with Crippen LogP contribution in [0.5, 0.6) is 5.75 Å². The Kier molecular flexibility index (Phi) is 7.03. The molecule has 0 aliphatic heterocycles. The number of para-hydroxylation sites is 1. The van der Waals surface area contributed by atoms with Gasteiger partial charge < -0.3 is 15.4 Å². The first-order valence-corrected chi connectivity index (χ1v) is 9.85. The lowest BCUT2D eigenvalue weighted by molar-refractivity contribution is -0.123. The van der Waals surface area contributed by atoms with Crippen molar-refractivity contribution in [3.05, 3.63) is 66.4 Å². The van der Waals surface area contributed by atoms with Gasteiger partial charge in [-0.2, -0.15) is 5.10 Å². The maximum Gasteiger partial charge on any atom is 0.222 e. The number of carbonyl (C=O) groups is 1. The van der Waals surface area contributed by atoms with Gasteiger partial charge in [0, 0.05) is 42.9 Å². The Labute approximate surface area is 171 Å². The van der Waals surface area contributed by atoms with Gasteiger partial charge in [-0.1, -0.05) is 32.0 Å². The average molecular weight is 393 g/mol. The van der Waals surface area contributed by atoms with Gasteiger partial charge in [0.2, 0.25) is 5.91 Å². The van der Waals surface area contributed by atoms with E-state index in [4.69, 9.17) is 9.84 Å². The minimum Gasteiger partial charge on any atom is -0.497 e. The van der Waals surface area contributed by atoms with Crippen LogP contribution in [-0.2, 0) is 11.3 Å². The molecule has 0 bridgehead atoms. The minimum absolute atomic E-state index is 0.000721. The number of amides is 1. The number of ether oxygens (including phenoxy) is 1. The second-order valence-electron chi connectivity index (χ2n) is 7.13. The first-order chi connectivity index (χ1) is 14.1. The molecule has 0 spiro atoms. The van der Waals surface area contributed by atoms with Gasteiger partial charge in [-0.25, -0.2) is 4.68 Å². The molecule has 0 saturated heterocycles. The summed E-state index contributed by atoms with van der Waals surface area (Å²) in [6, 6.07) is 18.0. The standard InChI is InChI=1S/C23H28N4O2/c1-17(2)23(28)25-14-13-24-15-19-16-27(20-7-5-4-6-8-20)26-22(19)18-9-11-21(29-3)12-10-18/h4-12,16-17,24H,13-15H2,1-3H3,(H,25,28). The Morgan fingerprint density at radius 2 is 1.79 bits per heavy atom. The minimum atomic E-state index is 0.000721. The van der Waals surface area contributed by atoms with E-state index in [2.05, 4.69) is 16.8 Å². The zero-order valence-electron chi connectivity index (χ0n) is 17.2. The molecule has 2 N–H and O–H groups in total. The highest BCUT2D eigenvalue weighted by Crippen LogP contribution is 2.25. The van der Waals surface area contributed by atoms with Crippen LogP contribution in [0.1, 0.15) is 19.4 Å². The zero-order valence-corrected chi connectivity index (χ0v) is 17.2. The summed E-state index contributed by atoms with van der Waals surface area (Å²) in [4.78, 5) is 11.7. The van der Waals surface area contributed by atoms with E-state index in [1.54, 1.807) is 7.11 Å². The molecule has 3 rings (SSSR count). The van der Waals surface area contributed by atoms with Crippen molar-refractivity contribution in [2.24, 2.45) is 5.92 Å². The summed E-state index contributed by atoms with van der Waals surface area (Å²) in [5.41, 5.74) is 4.06. The quantitative estimate of drug-likeness (QED) is 0.548. The van der Waals surface area contributed by atoms with E-state index in [0.717, 1.165) is 28.3 Å². The molecule has 0 unspecified atom stereocenters. The molecule has 0 atom stereocenters. The van der Waals surface area contributed by atoms with E-state index in [0.29, 0.717) is 19.6 Å². The Balaban J connectivity index is 1.75. The monoisotopic (exact) mass is 392 g/mol. The van der Waals surface area contributed by atoms with Gasteiger partial charge in [-0.05, 0) is 36.4 Å². The fourth-order valence-electron chi connectivity index (χ4n) is 2.95. The lowest BCUT2D eigenvalue weighted by Gasteiger charge is -2.09. The molecule has 0 saturated carbocycles. The van der Waals surface area contributed by atoms with Crippen LogP contribution in [0.4, 0.5) is 0 Å². The molecular formula is C23H28N4O2. The van der Waals surface area contributed by atoms with E-state index >= 15 is 0 Å². The van der Waals surface area contributed by atoms with Crippen molar-refractivity contribution in [3.63, 3.8) is 0 Å². The molecule has 6 heteroatoms. The number of hydrogen-bond donors (Lipinski definition) is 2. The number of hydrogen-bond acceptors (Lipinski definition) is 4.